The van der Waals surface area contributed by atoms with Gasteiger partial charge >= 0.3 is 7.12 Å². The molecule has 0 bridgehead atoms. The Hall–Kier alpha value is -1.22. The maximum absolute atomic E-state index is 11.6. The zero-order valence-electron chi connectivity index (χ0n) is 18.9. The number of aromatic nitrogens is 4. The number of nitrogens with zero attached hydrogens (tertiary/aromatic N) is 6. The molecule has 0 spiro atoms. The summed E-state index contributed by atoms with van der Waals surface area (Å²) in [5.41, 5.74) is 2.17. The lowest BCUT2D eigenvalue weighted by molar-refractivity contribution is -0.133. The third-order valence-corrected chi connectivity index (χ3v) is 8.10. The highest BCUT2D eigenvalue weighted by Gasteiger charge is 2.34. The van der Waals surface area contributed by atoms with E-state index in [1.54, 1.807) is 16.8 Å². The fraction of sp³-hybridized carbons (Fsp3) is 0.600. The molecule has 6 rings (SSSR count). The second kappa shape index (κ2) is 10.4. The number of rotatable bonds is 2. The molecule has 2 saturated carbocycles. The van der Waals surface area contributed by atoms with E-state index < -0.39 is 7.12 Å². The summed E-state index contributed by atoms with van der Waals surface area (Å²) < 4.78 is 6.37. The monoisotopic (exact) mass is 662 g/mol. The molecule has 0 radical (unpaired) electrons. The van der Waals surface area contributed by atoms with E-state index in [1.165, 1.54) is 12.8 Å². The van der Waals surface area contributed by atoms with Gasteiger partial charge in [0.1, 0.15) is 28.1 Å². The molecule has 2 aliphatic heterocycles. The van der Waals surface area contributed by atoms with E-state index >= 15 is 0 Å². The van der Waals surface area contributed by atoms with Crippen LogP contribution in [0.3, 0.4) is 0 Å². The summed E-state index contributed by atoms with van der Waals surface area (Å²) in [4.78, 5) is 35.1. The van der Waals surface area contributed by atoms with Gasteiger partial charge in [0.25, 0.3) is 0 Å². The zero-order valence-corrected chi connectivity index (χ0v) is 23.7. The Kier molecular flexibility index (Phi) is 7.92. The van der Waals surface area contributed by atoms with Gasteiger partial charge in [-0.2, -0.15) is 0 Å². The fourth-order valence-corrected chi connectivity index (χ4v) is 5.51. The predicted octanol–water partition coefficient (Wildman–Crippen LogP) is 2.50. The van der Waals surface area contributed by atoms with E-state index in [9.17, 15) is 9.59 Å². The first kappa shape index (κ1) is 25.9. The Bertz CT molecular complexity index is 1100. The molecular weight excluding hydrogens is 639 g/mol. The van der Waals surface area contributed by atoms with Crippen LogP contribution in [-0.2, 0) is 35.8 Å². The Morgan fingerprint density at radius 1 is 0.794 bits per heavy atom. The van der Waals surface area contributed by atoms with Crippen molar-refractivity contribution in [3.63, 3.8) is 0 Å². The highest BCUT2D eigenvalue weighted by Crippen LogP contribution is 2.41. The number of imidazole rings is 2. The van der Waals surface area contributed by atoms with Crippen molar-refractivity contribution < 1.29 is 19.6 Å². The highest BCUT2D eigenvalue weighted by atomic mass is 79.9. The summed E-state index contributed by atoms with van der Waals surface area (Å²) in [6, 6.07) is 0. The minimum atomic E-state index is -1.04. The summed E-state index contributed by atoms with van der Waals surface area (Å²) in [5.74, 6) is 2.18. The average molecular weight is 665 g/mol. The molecule has 2 amide bonds. The molecular formula is C20H26BBr3N6O4. The van der Waals surface area contributed by atoms with Gasteiger partial charge in [-0.3, -0.25) is 9.59 Å². The van der Waals surface area contributed by atoms with Crippen molar-refractivity contribution in [1.29, 1.82) is 0 Å². The quantitative estimate of drug-likeness (QED) is 0.477. The third kappa shape index (κ3) is 5.77. The molecule has 14 heteroatoms. The number of likely N-dealkylation sites (N-methyl/N-ethyl adjacent to an activating group) is 2. The van der Waals surface area contributed by atoms with Gasteiger partial charge in [-0.15, -0.1) is 0 Å². The second-order valence-corrected chi connectivity index (χ2v) is 11.2. The zero-order chi connectivity index (χ0) is 24.7. The van der Waals surface area contributed by atoms with Gasteiger partial charge in [-0.25, -0.2) is 9.97 Å². The number of carbonyl (C=O) groups excluding carboxylic acids is 2. The molecule has 0 saturated heterocycles. The van der Waals surface area contributed by atoms with E-state index in [0.29, 0.717) is 36.8 Å². The minimum Gasteiger partial charge on any atom is -0.427 e. The number of amides is 2. The van der Waals surface area contributed by atoms with Crippen molar-refractivity contribution in [2.24, 2.45) is 0 Å². The highest BCUT2D eigenvalue weighted by molar-refractivity contribution is 9.11. The minimum absolute atomic E-state index is 0.109. The van der Waals surface area contributed by atoms with Crippen LogP contribution in [0.15, 0.2) is 13.9 Å². The molecule has 4 aliphatic rings. The van der Waals surface area contributed by atoms with E-state index in [4.69, 9.17) is 10.0 Å². The normalized spacial score (nSPS) is 19.0. The summed E-state index contributed by atoms with van der Waals surface area (Å²) in [5, 5.41) is 16.5. The van der Waals surface area contributed by atoms with E-state index in [1.807, 2.05) is 11.6 Å². The summed E-state index contributed by atoms with van der Waals surface area (Å²) in [6.07, 6.45) is 4.43. The Balaban J connectivity index is 0.000000131. The largest absolute Gasteiger partial charge is 0.454 e. The topological polar surface area (TPSA) is 117 Å². The molecule has 2 N–H and O–H groups in total. The smallest absolute Gasteiger partial charge is 0.427 e. The van der Waals surface area contributed by atoms with Crippen molar-refractivity contribution >= 4 is 66.7 Å². The molecule has 2 fully saturated rings. The van der Waals surface area contributed by atoms with Crippen LogP contribution in [-0.4, -0.2) is 72.0 Å². The molecule has 184 valence electrons. The van der Waals surface area contributed by atoms with Crippen LogP contribution in [0.25, 0.3) is 0 Å². The van der Waals surface area contributed by atoms with Gasteiger partial charge in [0.05, 0.1) is 24.5 Å². The molecule has 2 aliphatic carbocycles. The lowest BCUT2D eigenvalue weighted by Crippen LogP contribution is -2.36. The van der Waals surface area contributed by atoms with Crippen LogP contribution in [0, 0.1) is 0 Å². The van der Waals surface area contributed by atoms with Gasteiger partial charge in [-0.1, -0.05) is 12.8 Å². The van der Waals surface area contributed by atoms with Crippen molar-refractivity contribution in [3.8, 4) is 0 Å². The van der Waals surface area contributed by atoms with Crippen LogP contribution in [0.1, 0.15) is 48.8 Å². The maximum Gasteiger partial charge on any atom is 0.454 e. The summed E-state index contributed by atoms with van der Waals surface area (Å²) in [6.45, 7) is 2.10. The van der Waals surface area contributed by atoms with Gasteiger partial charge in [0.2, 0.25) is 11.8 Å². The Labute approximate surface area is 223 Å². The SMILES string of the molecule is CN1Cc2c(Br)nc(Br)n2CC1=O.CN1Cc2c(Br)nc(C3CC3)n2CC1=O.OB(O)C1CC1. The van der Waals surface area contributed by atoms with Gasteiger partial charge in [0.15, 0.2) is 4.73 Å². The molecule has 0 unspecified atom stereocenters. The van der Waals surface area contributed by atoms with Crippen LogP contribution in [0.2, 0.25) is 5.82 Å². The van der Waals surface area contributed by atoms with E-state index in [2.05, 4.69) is 62.3 Å². The lowest BCUT2D eigenvalue weighted by Gasteiger charge is -2.25. The Morgan fingerprint density at radius 2 is 1.29 bits per heavy atom. The van der Waals surface area contributed by atoms with Gasteiger partial charge in [-0.05, 0) is 66.4 Å². The fourth-order valence-electron chi connectivity index (χ4n) is 3.73. The molecule has 4 heterocycles. The molecule has 0 aromatic carbocycles. The first-order chi connectivity index (χ1) is 16.1. The molecule has 2 aromatic heterocycles. The van der Waals surface area contributed by atoms with Gasteiger partial charge in [0, 0.05) is 20.0 Å². The maximum atomic E-state index is 11.6. The first-order valence-electron chi connectivity index (χ1n) is 11.1. The van der Waals surface area contributed by atoms with E-state index in [-0.39, 0.29) is 17.6 Å². The third-order valence-electron chi connectivity index (χ3n) is 6.23. The number of halogens is 3. The van der Waals surface area contributed by atoms with Crippen LogP contribution in [0.5, 0.6) is 0 Å². The molecule has 34 heavy (non-hydrogen) atoms. The summed E-state index contributed by atoms with van der Waals surface area (Å²) in [7, 11) is 2.59. The van der Waals surface area contributed by atoms with Crippen LogP contribution < -0.4 is 0 Å². The summed E-state index contributed by atoms with van der Waals surface area (Å²) >= 11 is 10.1. The van der Waals surface area contributed by atoms with Crippen LogP contribution >= 0.6 is 47.8 Å². The first-order valence-corrected chi connectivity index (χ1v) is 13.4. The Morgan fingerprint density at radius 3 is 1.76 bits per heavy atom. The molecule has 10 nitrogen and oxygen atoms in total. The standard InChI is InChI=1S/C10H12BrN3O.C7H7Br2N3O.C3H7BO2/c1-13-4-7-9(11)12-10(6-2-3-6)14(7)5-8(13)15;1-11-2-4-6(8)10-7(9)12(4)3-5(11)13;5-4(6)3-1-2-3/h6H,2-5H2,1H3;2-3H2,1H3;3,5-6H,1-2H2. The molecule has 0 atom stereocenters. The van der Waals surface area contributed by atoms with Crippen molar-refractivity contribution in [1.82, 2.24) is 28.9 Å². The average Bonchev–Trinajstić information content (AvgIpc) is 3.69. The predicted molar refractivity (Wildman–Crippen MR) is 136 cm³/mol. The number of fused-ring (bicyclic) bond motifs is 2. The molecule has 2 aromatic rings. The van der Waals surface area contributed by atoms with Gasteiger partial charge < -0.3 is 29.0 Å². The van der Waals surface area contributed by atoms with Crippen molar-refractivity contribution in [3.05, 3.63) is 31.2 Å². The number of carbonyl (C=O) groups is 2. The van der Waals surface area contributed by atoms with Crippen molar-refractivity contribution in [2.45, 2.75) is 63.6 Å². The number of hydrogen-bond acceptors (Lipinski definition) is 6. The second-order valence-electron chi connectivity index (χ2n) is 9.02. The van der Waals surface area contributed by atoms with Crippen molar-refractivity contribution in [2.75, 3.05) is 14.1 Å². The lowest BCUT2D eigenvalue weighted by atomic mass is 9.84. The number of hydrogen-bond donors (Lipinski definition) is 2. The van der Waals surface area contributed by atoms with Crippen LogP contribution in [0.4, 0.5) is 0 Å². The van der Waals surface area contributed by atoms with E-state index in [0.717, 1.165) is 39.3 Å².